The Balaban J connectivity index is 1.71. The van der Waals surface area contributed by atoms with E-state index in [0.29, 0.717) is 28.2 Å². The van der Waals surface area contributed by atoms with Gasteiger partial charge in [-0.2, -0.15) is 0 Å². The first kappa shape index (κ1) is 28.4. The Bertz CT molecular complexity index is 1950. The summed E-state index contributed by atoms with van der Waals surface area (Å²) in [6.45, 7) is 4.29. The van der Waals surface area contributed by atoms with Gasteiger partial charge in [-0.3, -0.25) is 14.2 Å². The van der Waals surface area contributed by atoms with Crippen molar-refractivity contribution in [2.75, 3.05) is 24.3 Å². The fourth-order valence-corrected chi connectivity index (χ4v) is 7.29. The molecule has 0 spiro atoms. The van der Waals surface area contributed by atoms with Crippen LogP contribution >= 0.6 is 39.0 Å². The van der Waals surface area contributed by atoms with Crippen LogP contribution in [-0.4, -0.2) is 35.9 Å². The number of aromatic nitrogens is 1. The first-order valence-electron chi connectivity index (χ1n) is 13.4. The molecule has 3 aromatic carbocycles. The maximum absolute atomic E-state index is 14.4. The molecule has 0 saturated carbocycles. The van der Waals surface area contributed by atoms with Crippen molar-refractivity contribution in [2.45, 2.75) is 24.8 Å². The van der Waals surface area contributed by atoms with Gasteiger partial charge in [-0.25, -0.2) is 9.79 Å². The van der Waals surface area contributed by atoms with Crippen LogP contribution < -0.4 is 19.8 Å². The molecule has 6 rings (SSSR count). The van der Waals surface area contributed by atoms with Gasteiger partial charge in [-0.15, -0.1) is 11.8 Å². The van der Waals surface area contributed by atoms with E-state index in [1.54, 1.807) is 28.2 Å². The highest BCUT2D eigenvalue weighted by Gasteiger charge is 2.38. The van der Waals surface area contributed by atoms with Crippen LogP contribution in [0.5, 0.6) is 0 Å². The molecular weight excluding hydrogens is 634 g/mol. The Morgan fingerprint density at radius 2 is 1.79 bits per heavy atom. The van der Waals surface area contributed by atoms with Crippen molar-refractivity contribution in [3.8, 4) is 0 Å². The number of likely N-dealkylation sites (N-methyl/N-ethyl adjacent to an activating group) is 1. The number of thioether (sulfide) groups is 1. The van der Waals surface area contributed by atoms with Gasteiger partial charge in [-0.05, 0) is 56.0 Å². The highest BCUT2D eigenvalue weighted by atomic mass is 79.9. The van der Waals surface area contributed by atoms with E-state index in [1.807, 2.05) is 86.0 Å². The lowest BCUT2D eigenvalue weighted by molar-refractivity contribution is -0.138. The van der Waals surface area contributed by atoms with Gasteiger partial charge >= 0.3 is 5.97 Å². The van der Waals surface area contributed by atoms with E-state index in [1.165, 1.54) is 11.3 Å². The molecule has 0 unspecified atom stereocenters. The number of thiazole rings is 1. The monoisotopic (exact) mass is 659 g/mol. The summed E-state index contributed by atoms with van der Waals surface area (Å²) in [6, 6.07) is 22.1. The third-order valence-electron chi connectivity index (χ3n) is 7.30. The fourth-order valence-electron chi connectivity index (χ4n) is 5.43. The van der Waals surface area contributed by atoms with Gasteiger partial charge in [0, 0.05) is 27.0 Å². The normalized spacial score (nSPS) is 17.2. The molecule has 2 aliphatic heterocycles. The van der Waals surface area contributed by atoms with Crippen LogP contribution in [0.15, 0.2) is 97.5 Å². The van der Waals surface area contributed by atoms with Crippen molar-refractivity contribution in [2.24, 2.45) is 4.99 Å². The minimum atomic E-state index is -0.804. The summed E-state index contributed by atoms with van der Waals surface area (Å²) >= 11 is 6.30. The van der Waals surface area contributed by atoms with Crippen molar-refractivity contribution in [3.05, 3.63) is 119 Å². The van der Waals surface area contributed by atoms with Gasteiger partial charge < -0.3 is 9.64 Å². The lowest BCUT2D eigenvalue weighted by atomic mass is 9.93. The van der Waals surface area contributed by atoms with E-state index in [2.05, 4.69) is 15.9 Å². The zero-order valence-corrected chi connectivity index (χ0v) is 26.3. The highest BCUT2D eigenvalue weighted by molar-refractivity contribution is 9.10. The van der Waals surface area contributed by atoms with Crippen LogP contribution in [0, 0.1) is 0 Å². The van der Waals surface area contributed by atoms with E-state index < -0.39 is 12.0 Å². The molecule has 4 aromatic rings. The third-order valence-corrected chi connectivity index (χ3v) is 9.59. The van der Waals surface area contributed by atoms with Gasteiger partial charge in [0.15, 0.2) is 4.80 Å². The average molecular weight is 661 g/mol. The van der Waals surface area contributed by atoms with E-state index >= 15 is 0 Å². The van der Waals surface area contributed by atoms with E-state index in [0.717, 1.165) is 26.2 Å². The summed E-state index contributed by atoms with van der Waals surface area (Å²) in [4.78, 5) is 49.9. The van der Waals surface area contributed by atoms with E-state index in [4.69, 9.17) is 9.73 Å². The molecular formula is C32H26BrN3O4S2. The van der Waals surface area contributed by atoms with Crippen LogP contribution in [0.2, 0.25) is 0 Å². The number of ether oxygens (including phenoxy) is 1. The molecule has 1 atom stereocenters. The van der Waals surface area contributed by atoms with Crippen molar-refractivity contribution in [1.82, 2.24) is 4.57 Å². The number of carbonyl (C=O) groups is 2. The highest BCUT2D eigenvalue weighted by Crippen LogP contribution is 2.38. The van der Waals surface area contributed by atoms with Crippen molar-refractivity contribution in [3.63, 3.8) is 0 Å². The average Bonchev–Trinajstić information content (AvgIpc) is 3.47. The second kappa shape index (κ2) is 11.5. The fraction of sp³-hybridized carbons (Fsp3) is 0.188. The Morgan fingerprint density at radius 3 is 2.45 bits per heavy atom. The van der Waals surface area contributed by atoms with Gasteiger partial charge in [-0.1, -0.05) is 69.7 Å². The number of fused-ring (bicyclic) bond motifs is 2. The third kappa shape index (κ3) is 4.67. The van der Waals surface area contributed by atoms with Crippen LogP contribution in [0.4, 0.5) is 5.69 Å². The van der Waals surface area contributed by atoms with Crippen LogP contribution in [-0.2, 0) is 14.3 Å². The Labute approximate surface area is 259 Å². The lowest BCUT2D eigenvalue weighted by Gasteiger charge is -2.26. The SMILES string of the molecule is CCOC(=O)C1=C(c2ccccc2)N=c2s/c(=C3/C(=O)N(CC)c4ccc(Br)cc43)c(=O)n2[C@H]1c1ccc(SC)cc1. The molecule has 0 saturated heterocycles. The number of anilines is 1. The minimum absolute atomic E-state index is 0.171. The largest absolute Gasteiger partial charge is 0.463 e. The second-order valence-electron chi connectivity index (χ2n) is 9.61. The molecule has 42 heavy (non-hydrogen) atoms. The number of halogens is 1. The molecule has 1 aromatic heterocycles. The summed E-state index contributed by atoms with van der Waals surface area (Å²) in [7, 11) is 0. The topological polar surface area (TPSA) is 81.0 Å². The predicted molar refractivity (Wildman–Crippen MR) is 170 cm³/mol. The van der Waals surface area contributed by atoms with Gasteiger partial charge in [0.25, 0.3) is 11.5 Å². The summed E-state index contributed by atoms with van der Waals surface area (Å²) in [5.74, 6) is -0.773. The van der Waals surface area contributed by atoms with E-state index in [-0.39, 0.29) is 28.2 Å². The molecule has 0 bridgehead atoms. The Hall–Kier alpha value is -3.73. The van der Waals surface area contributed by atoms with Gasteiger partial charge in [0.2, 0.25) is 0 Å². The van der Waals surface area contributed by atoms with Crippen LogP contribution in [0.1, 0.15) is 36.6 Å². The lowest BCUT2D eigenvalue weighted by Crippen LogP contribution is -2.41. The number of amides is 1. The number of rotatable bonds is 6. The molecule has 0 fully saturated rings. The molecule has 212 valence electrons. The number of carbonyl (C=O) groups excluding carboxylic acids is 2. The Morgan fingerprint density at radius 1 is 1.05 bits per heavy atom. The number of nitrogens with zero attached hydrogens (tertiary/aromatic N) is 3. The molecule has 0 aliphatic carbocycles. The van der Waals surface area contributed by atoms with Gasteiger partial charge in [0.05, 0.1) is 35.2 Å². The van der Waals surface area contributed by atoms with E-state index in [9.17, 15) is 14.4 Å². The number of hydrogen-bond donors (Lipinski definition) is 0. The molecule has 2 aliphatic rings. The van der Waals surface area contributed by atoms with Crippen LogP contribution in [0.3, 0.4) is 0 Å². The molecule has 0 N–H and O–H groups in total. The quantitative estimate of drug-likeness (QED) is 0.211. The molecule has 1 amide bonds. The molecule has 10 heteroatoms. The first-order valence-corrected chi connectivity index (χ1v) is 16.3. The smallest absolute Gasteiger partial charge is 0.338 e. The van der Waals surface area contributed by atoms with Crippen molar-refractivity contribution < 1.29 is 14.3 Å². The summed E-state index contributed by atoms with van der Waals surface area (Å²) < 4.78 is 8.19. The maximum atomic E-state index is 14.4. The van der Waals surface area contributed by atoms with Crippen molar-refractivity contribution >= 4 is 67.9 Å². The molecule has 0 radical (unpaired) electrons. The summed E-state index contributed by atoms with van der Waals surface area (Å²) in [5.41, 5.74) is 3.61. The number of benzene rings is 3. The molecule has 3 heterocycles. The zero-order valence-electron chi connectivity index (χ0n) is 23.1. The summed E-state index contributed by atoms with van der Waals surface area (Å²) in [5, 5.41) is 0. The van der Waals surface area contributed by atoms with Crippen molar-refractivity contribution in [1.29, 1.82) is 0 Å². The second-order valence-corrected chi connectivity index (χ2v) is 12.4. The predicted octanol–water partition coefficient (Wildman–Crippen LogP) is 5.16. The first-order chi connectivity index (χ1) is 20.4. The number of hydrogen-bond acceptors (Lipinski definition) is 7. The number of esters is 1. The molecule has 7 nitrogen and oxygen atoms in total. The van der Waals surface area contributed by atoms with Crippen LogP contribution in [0.25, 0.3) is 11.3 Å². The Kier molecular flexibility index (Phi) is 7.78. The maximum Gasteiger partial charge on any atom is 0.338 e. The standard InChI is InChI=1S/C32H26BrN3O4S2/c1-4-35-23-16-13-20(33)17-22(23)24(29(35)37)28-30(38)36-27(19-11-14-21(41-3)15-12-19)25(31(39)40-5-2)26(34-32(36)42-28)18-9-7-6-8-10-18/h6-17,27H,4-5H2,1-3H3/b28-24+/t27-/m0/s1. The van der Waals surface area contributed by atoms with Gasteiger partial charge in [0.1, 0.15) is 4.53 Å². The zero-order chi connectivity index (χ0) is 29.5. The minimum Gasteiger partial charge on any atom is -0.463 e. The summed E-state index contributed by atoms with van der Waals surface area (Å²) in [6.07, 6.45) is 1.99.